The lowest BCUT2D eigenvalue weighted by Gasteiger charge is -2.14. The van der Waals surface area contributed by atoms with E-state index in [4.69, 9.17) is 0 Å². The summed E-state index contributed by atoms with van der Waals surface area (Å²) < 4.78 is 0. The molecule has 0 spiro atoms. The molecule has 0 saturated carbocycles. The highest BCUT2D eigenvalue weighted by molar-refractivity contribution is 7.99. The molecule has 0 aliphatic carbocycles. The summed E-state index contributed by atoms with van der Waals surface area (Å²) in [6.07, 6.45) is 0. The molecule has 0 radical (unpaired) electrons. The third-order valence-electron chi connectivity index (χ3n) is 4.47. The number of aryl methyl sites for hydroxylation is 2. The highest BCUT2D eigenvalue weighted by Gasteiger charge is 2.16. The Morgan fingerprint density at radius 1 is 0.897 bits per heavy atom. The first-order valence-corrected chi connectivity index (χ1v) is 10.3. The van der Waals surface area contributed by atoms with E-state index in [2.05, 4.69) is 42.7 Å². The van der Waals surface area contributed by atoms with Gasteiger partial charge in [0.2, 0.25) is 5.91 Å². The Labute approximate surface area is 175 Å². The van der Waals surface area contributed by atoms with Gasteiger partial charge >= 0.3 is 0 Å². The Bertz CT molecular complexity index is 1000. The first-order chi connectivity index (χ1) is 13.9. The zero-order valence-corrected chi connectivity index (χ0v) is 17.5. The molecule has 0 saturated heterocycles. The smallest absolute Gasteiger partial charge is 0.251 e. The normalized spacial score (nSPS) is 11.6. The van der Waals surface area contributed by atoms with Crippen LogP contribution in [0.2, 0.25) is 0 Å². The van der Waals surface area contributed by atoms with E-state index in [0.29, 0.717) is 11.3 Å². The van der Waals surface area contributed by atoms with E-state index >= 15 is 0 Å². The standard InChI is InChI=1S/C24H24N2O2S/c1-16-9-10-17(2)22(15-16)29-21-13-11-20(12-14-21)26-23(27)18(3)25-24(28)19-7-5-4-6-8-19/h4-15,18H,1-3H3,(H,25,28)(H,26,27). The lowest BCUT2D eigenvalue weighted by atomic mass is 10.2. The predicted octanol–water partition coefficient (Wildman–Crippen LogP) is 5.21. The topological polar surface area (TPSA) is 58.2 Å². The van der Waals surface area contributed by atoms with Gasteiger partial charge in [0.15, 0.2) is 0 Å². The van der Waals surface area contributed by atoms with Gasteiger partial charge in [-0.15, -0.1) is 0 Å². The van der Waals surface area contributed by atoms with Crippen molar-refractivity contribution in [2.24, 2.45) is 0 Å². The first-order valence-electron chi connectivity index (χ1n) is 9.44. The van der Waals surface area contributed by atoms with Gasteiger partial charge < -0.3 is 10.6 Å². The van der Waals surface area contributed by atoms with Crippen LogP contribution >= 0.6 is 11.8 Å². The fourth-order valence-corrected chi connectivity index (χ4v) is 3.74. The molecule has 0 bridgehead atoms. The number of amides is 2. The van der Waals surface area contributed by atoms with Crippen molar-refractivity contribution in [2.45, 2.75) is 36.6 Å². The van der Waals surface area contributed by atoms with Crippen LogP contribution in [0.1, 0.15) is 28.4 Å². The van der Waals surface area contributed by atoms with Crippen LogP contribution in [0.4, 0.5) is 5.69 Å². The highest BCUT2D eigenvalue weighted by atomic mass is 32.2. The number of carbonyl (C=O) groups is 2. The van der Waals surface area contributed by atoms with Gasteiger partial charge in [0.25, 0.3) is 5.91 Å². The zero-order chi connectivity index (χ0) is 20.8. The fraction of sp³-hybridized carbons (Fsp3) is 0.167. The van der Waals surface area contributed by atoms with Crippen molar-refractivity contribution in [3.05, 3.63) is 89.5 Å². The van der Waals surface area contributed by atoms with Crippen molar-refractivity contribution in [1.82, 2.24) is 5.32 Å². The van der Waals surface area contributed by atoms with Crippen LogP contribution in [0.25, 0.3) is 0 Å². The van der Waals surface area contributed by atoms with Crippen molar-refractivity contribution in [3.8, 4) is 0 Å². The Kier molecular flexibility index (Phi) is 6.73. The van der Waals surface area contributed by atoms with Crippen LogP contribution in [-0.4, -0.2) is 17.9 Å². The molecule has 0 aliphatic heterocycles. The molecule has 2 amide bonds. The van der Waals surface area contributed by atoms with Crippen molar-refractivity contribution in [2.75, 3.05) is 5.32 Å². The SMILES string of the molecule is Cc1ccc(C)c(Sc2ccc(NC(=O)C(C)NC(=O)c3ccccc3)cc2)c1. The average molecular weight is 405 g/mol. The monoisotopic (exact) mass is 404 g/mol. The Morgan fingerprint density at radius 2 is 1.59 bits per heavy atom. The van der Waals surface area contributed by atoms with Gasteiger partial charge in [-0.1, -0.05) is 42.1 Å². The molecule has 0 aliphatic rings. The van der Waals surface area contributed by atoms with Crippen LogP contribution in [-0.2, 0) is 4.79 Å². The van der Waals surface area contributed by atoms with E-state index in [1.54, 1.807) is 43.0 Å². The Hall–Kier alpha value is -3.05. The minimum absolute atomic E-state index is 0.260. The van der Waals surface area contributed by atoms with E-state index in [9.17, 15) is 9.59 Å². The third-order valence-corrected chi connectivity index (χ3v) is 5.64. The van der Waals surface area contributed by atoms with Crippen LogP contribution in [0.3, 0.4) is 0 Å². The molecule has 2 N–H and O–H groups in total. The molecule has 0 heterocycles. The van der Waals surface area contributed by atoms with Crippen molar-refractivity contribution >= 4 is 29.3 Å². The molecule has 4 nitrogen and oxygen atoms in total. The summed E-state index contributed by atoms with van der Waals surface area (Å²) in [4.78, 5) is 26.9. The lowest BCUT2D eigenvalue weighted by Crippen LogP contribution is -2.41. The molecule has 3 rings (SSSR count). The average Bonchev–Trinajstić information content (AvgIpc) is 2.72. The zero-order valence-electron chi connectivity index (χ0n) is 16.7. The molecule has 0 fully saturated rings. The second kappa shape index (κ2) is 9.43. The van der Waals surface area contributed by atoms with E-state index in [-0.39, 0.29) is 11.8 Å². The van der Waals surface area contributed by atoms with E-state index in [0.717, 1.165) is 4.90 Å². The number of rotatable bonds is 6. The highest BCUT2D eigenvalue weighted by Crippen LogP contribution is 2.31. The molecule has 148 valence electrons. The van der Waals surface area contributed by atoms with Crippen LogP contribution in [0, 0.1) is 13.8 Å². The maximum Gasteiger partial charge on any atom is 0.251 e. The van der Waals surface area contributed by atoms with Gasteiger partial charge in [0, 0.05) is 21.0 Å². The number of anilines is 1. The third kappa shape index (κ3) is 5.72. The quantitative estimate of drug-likeness (QED) is 0.593. The summed E-state index contributed by atoms with van der Waals surface area (Å²) in [7, 11) is 0. The maximum absolute atomic E-state index is 12.4. The number of nitrogens with one attached hydrogen (secondary N) is 2. The number of carbonyl (C=O) groups excluding carboxylic acids is 2. The van der Waals surface area contributed by atoms with E-state index in [1.807, 2.05) is 30.3 Å². The first kappa shape index (κ1) is 20.7. The second-order valence-corrected chi connectivity index (χ2v) is 8.06. The van der Waals surface area contributed by atoms with Crippen molar-refractivity contribution < 1.29 is 9.59 Å². The van der Waals surface area contributed by atoms with Gasteiger partial charge in [-0.3, -0.25) is 9.59 Å². The van der Waals surface area contributed by atoms with Gasteiger partial charge in [-0.2, -0.15) is 0 Å². The largest absolute Gasteiger partial charge is 0.341 e. The summed E-state index contributed by atoms with van der Waals surface area (Å²) in [5, 5.41) is 5.56. The van der Waals surface area contributed by atoms with E-state index in [1.165, 1.54) is 16.0 Å². The lowest BCUT2D eigenvalue weighted by molar-refractivity contribution is -0.117. The van der Waals surface area contributed by atoms with E-state index < -0.39 is 6.04 Å². The molecule has 1 unspecified atom stereocenters. The molecular formula is C24H24N2O2S. The number of hydrogen-bond donors (Lipinski definition) is 2. The molecule has 0 aromatic heterocycles. The summed E-state index contributed by atoms with van der Waals surface area (Å²) in [6, 6.07) is 22.3. The predicted molar refractivity (Wildman–Crippen MR) is 118 cm³/mol. The van der Waals surface area contributed by atoms with Crippen molar-refractivity contribution in [1.29, 1.82) is 0 Å². The minimum atomic E-state index is -0.647. The summed E-state index contributed by atoms with van der Waals surface area (Å²) in [5.41, 5.74) is 3.69. The fourth-order valence-electron chi connectivity index (χ4n) is 2.74. The second-order valence-electron chi connectivity index (χ2n) is 6.95. The molecule has 29 heavy (non-hydrogen) atoms. The summed E-state index contributed by atoms with van der Waals surface area (Å²) in [6.45, 7) is 5.85. The molecule has 3 aromatic carbocycles. The van der Waals surface area contributed by atoms with Crippen LogP contribution < -0.4 is 10.6 Å². The number of hydrogen-bond acceptors (Lipinski definition) is 3. The molecule has 3 aromatic rings. The molecule has 1 atom stereocenters. The van der Waals surface area contributed by atoms with Crippen LogP contribution in [0.5, 0.6) is 0 Å². The summed E-state index contributed by atoms with van der Waals surface area (Å²) >= 11 is 1.70. The minimum Gasteiger partial charge on any atom is -0.341 e. The van der Waals surface area contributed by atoms with Gasteiger partial charge in [-0.25, -0.2) is 0 Å². The summed E-state index contributed by atoms with van der Waals surface area (Å²) in [5.74, 6) is -0.530. The van der Waals surface area contributed by atoms with Crippen molar-refractivity contribution in [3.63, 3.8) is 0 Å². The van der Waals surface area contributed by atoms with Crippen LogP contribution in [0.15, 0.2) is 82.6 Å². The van der Waals surface area contributed by atoms with Gasteiger partial charge in [0.1, 0.15) is 6.04 Å². The Balaban J connectivity index is 1.58. The Morgan fingerprint density at radius 3 is 2.28 bits per heavy atom. The molecular weight excluding hydrogens is 380 g/mol. The van der Waals surface area contributed by atoms with Gasteiger partial charge in [-0.05, 0) is 74.4 Å². The maximum atomic E-state index is 12.4. The molecule has 5 heteroatoms. The number of benzene rings is 3. The van der Waals surface area contributed by atoms with Gasteiger partial charge in [0.05, 0.1) is 0 Å².